The van der Waals surface area contributed by atoms with Crippen molar-refractivity contribution in [1.29, 1.82) is 0 Å². The molecule has 0 saturated heterocycles. The number of carbonyl (C=O) groups is 1. The second kappa shape index (κ2) is 9.31. The number of halogens is 3. The fourth-order valence-corrected chi connectivity index (χ4v) is 3.27. The normalized spacial score (nSPS) is 11.7. The summed E-state index contributed by atoms with van der Waals surface area (Å²) < 4.78 is 65.0. The summed E-state index contributed by atoms with van der Waals surface area (Å²) in [4.78, 5) is 12.4. The quantitative estimate of drug-likeness (QED) is 0.394. The molecular weight excluding hydrogens is 436 g/mol. The van der Waals surface area contributed by atoms with Gasteiger partial charge in [0.25, 0.3) is 5.91 Å². The van der Waals surface area contributed by atoms with Gasteiger partial charge < -0.3 is 19.9 Å². The van der Waals surface area contributed by atoms with E-state index in [0.717, 1.165) is 36.4 Å². The highest BCUT2D eigenvalue weighted by atomic mass is 32.2. The number of nitrogens with zero attached hydrogens (tertiary/aromatic N) is 1. The van der Waals surface area contributed by atoms with E-state index in [9.17, 15) is 26.7 Å². The summed E-state index contributed by atoms with van der Waals surface area (Å²) in [6.45, 7) is 0. The van der Waals surface area contributed by atoms with Crippen LogP contribution < -0.4 is 15.1 Å². The third-order valence-corrected chi connectivity index (χ3v) is 4.89. The van der Waals surface area contributed by atoms with Crippen LogP contribution >= 0.6 is 0 Å². The first-order chi connectivity index (χ1) is 14.7. The van der Waals surface area contributed by atoms with Crippen LogP contribution in [0.15, 0.2) is 60.7 Å². The van der Waals surface area contributed by atoms with E-state index in [-0.39, 0.29) is 22.4 Å². The number of nitrogens with one attached hydrogen (secondary N) is 1. The molecular formula is C19H13BF3N2O5S-. The monoisotopic (exact) mass is 449 g/mol. The van der Waals surface area contributed by atoms with Gasteiger partial charge in [-0.2, -0.15) is 0 Å². The summed E-state index contributed by atoms with van der Waals surface area (Å²) in [6.07, 6.45) is 0. The van der Waals surface area contributed by atoms with E-state index in [1.54, 1.807) is 0 Å². The maximum atomic E-state index is 14.4. The summed E-state index contributed by atoms with van der Waals surface area (Å²) in [6, 6.07) is 10.5. The summed E-state index contributed by atoms with van der Waals surface area (Å²) in [5.74, 6) is -4.06. The molecule has 160 valence electrons. The van der Waals surface area contributed by atoms with Gasteiger partial charge in [-0.25, -0.2) is 13.2 Å². The van der Waals surface area contributed by atoms with Gasteiger partial charge in [0.05, 0.1) is 22.6 Å². The summed E-state index contributed by atoms with van der Waals surface area (Å²) >= 11 is -3.00. The minimum Gasteiger partial charge on any atom is -0.755 e. The van der Waals surface area contributed by atoms with Crippen molar-refractivity contribution in [2.24, 2.45) is 0 Å². The number of amides is 1. The second-order valence-electron chi connectivity index (χ2n) is 6.23. The Morgan fingerprint density at radius 2 is 1.58 bits per heavy atom. The van der Waals surface area contributed by atoms with Crippen molar-refractivity contribution in [3.05, 3.63) is 83.7 Å². The molecule has 31 heavy (non-hydrogen) atoms. The molecule has 3 rings (SSSR count). The first-order valence-electron chi connectivity index (χ1n) is 8.59. The number of hydrogen-bond acceptors (Lipinski definition) is 5. The van der Waals surface area contributed by atoms with Crippen LogP contribution in [0.25, 0.3) is 0 Å². The zero-order chi connectivity index (χ0) is 22.7. The van der Waals surface area contributed by atoms with Crippen molar-refractivity contribution >= 4 is 46.8 Å². The molecule has 1 unspecified atom stereocenters. The SMILES string of the molecule is O=C(Nc1ccc(F)c(F)c1)c1ccc(F)c(N(c2ccc(B(O)O)cc2)S(=O)[O-])c1. The van der Waals surface area contributed by atoms with Crippen LogP contribution in [0.3, 0.4) is 0 Å². The van der Waals surface area contributed by atoms with Gasteiger partial charge in [0.1, 0.15) is 5.82 Å². The lowest BCUT2D eigenvalue weighted by Gasteiger charge is -2.27. The van der Waals surface area contributed by atoms with Gasteiger partial charge in [0, 0.05) is 17.3 Å². The zero-order valence-corrected chi connectivity index (χ0v) is 16.3. The van der Waals surface area contributed by atoms with Crippen molar-refractivity contribution in [2.75, 3.05) is 9.62 Å². The van der Waals surface area contributed by atoms with E-state index in [1.165, 1.54) is 24.3 Å². The Labute approximate surface area is 177 Å². The van der Waals surface area contributed by atoms with Gasteiger partial charge in [-0.1, -0.05) is 12.1 Å². The lowest BCUT2D eigenvalue weighted by atomic mass is 9.80. The predicted molar refractivity (Wildman–Crippen MR) is 108 cm³/mol. The van der Waals surface area contributed by atoms with Crippen LogP contribution in [0, 0.1) is 17.5 Å². The lowest BCUT2D eigenvalue weighted by molar-refractivity contribution is 0.102. The number of hydrogen-bond donors (Lipinski definition) is 3. The van der Waals surface area contributed by atoms with Crippen molar-refractivity contribution in [3.8, 4) is 0 Å². The molecule has 0 saturated carbocycles. The highest BCUT2D eigenvalue weighted by Gasteiger charge is 2.19. The fourth-order valence-electron chi connectivity index (χ4n) is 2.67. The highest BCUT2D eigenvalue weighted by Crippen LogP contribution is 2.30. The van der Waals surface area contributed by atoms with Crippen molar-refractivity contribution in [3.63, 3.8) is 0 Å². The van der Waals surface area contributed by atoms with E-state index >= 15 is 0 Å². The molecule has 0 aliphatic rings. The molecule has 0 spiro atoms. The standard InChI is InChI=1S/C19H14BF3N2O5S/c21-15-8-4-13(10-17(15)23)24-19(26)11-1-7-16(22)18(9-11)25(31(29)30)14-5-2-12(3-6-14)20(27)28/h1-10,27-28H,(H,24,26)(H,29,30)/p-1. The second-order valence-corrected chi connectivity index (χ2v) is 7.03. The van der Waals surface area contributed by atoms with Crippen LogP contribution in [0.4, 0.5) is 30.2 Å². The maximum Gasteiger partial charge on any atom is 0.488 e. The Bertz CT molecular complexity index is 1150. The number of rotatable bonds is 6. The average Bonchev–Trinajstić information content (AvgIpc) is 2.72. The summed E-state index contributed by atoms with van der Waals surface area (Å²) in [7, 11) is -1.78. The van der Waals surface area contributed by atoms with E-state index in [2.05, 4.69) is 5.32 Å². The first-order valence-corrected chi connectivity index (χ1v) is 9.62. The van der Waals surface area contributed by atoms with Gasteiger partial charge in [-0.15, -0.1) is 0 Å². The Kier molecular flexibility index (Phi) is 6.76. The van der Waals surface area contributed by atoms with Crippen molar-refractivity contribution in [2.45, 2.75) is 0 Å². The Balaban J connectivity index is 1.94. The molecule has 3 N–H and O–H groups in total. The third-order valence-electron chi connectivity index (χ3n) is 4.18. The molecule has 7 nitrogen and oxygen atoms in total. The smallest absolute Gasteiger partial charge is 0.488 e. The Morgan fingerprint density at radius 1 is 0.935 bits per heavy atom. The topological polar surface area (TPSA) is 113 Å². The number of carbonyl (C=O) groups excluding carboxylic acids is 1. The molecule has 0 fully saturated rings. The molecule has 12 heteroatoms. The van der Waals surface area contributed by atoms with E-state index in [0.29, 0.717) is 4.31 Å². The molecule has 0 aliphatic carbocycles. The Hall–Kier alpha value is -3.19. The van der Waals surface area contributed by atoms with E-state index < -0.39 is 47.4 Å². The molecule has 0 heterocycles. The van der Waals surface area contributed by atoms with Gasteiger partial charge in [0.2, 0.25) is 0 Å². The summed E-state index contributed by atoms with van der Waals surface area (Å²) in [5.41, 5.74) is -0.643. The van der Waals surface area contributed by atoms with Crippen molar-refractivity contribution in [1.82, 2.24) is 0 Å². The van der Waals surface area contributed by atoms with Crippen molar-refractivity contribution < 1.29 is 36.8 Å². The number of benzene rings is 3. The van der Waals surface area contributed by atoms with Crippen LogP contribution in [-0.2, 0) is 11.3 Å². The van der Waals surface area contributed by atoms with Crippen LogP contribution in [0.1, 0.15) is 10.4 Å². The third kappa shape index (κ3) is 5.12. The van der Waals surface area contributed by atoms with Gasteiger partial charge >= 0.3 is 7.12 Å². The van der Waals surface area contributed by atoms with Gasteiger partial charge in [-0.3, -0.25) is 13.3 Å². The Morgan fingerprint density at radius 3 is 2.16 bits per heavy atom. The molecule has 0 radical (unpaired) electrons. The fraction of sp³-hybridized carbons (Fsp3) is 0. The van der Waals surface area contributed by atoms with Crippen LogP contribution in [0.5, 0.6) is 0 Å². The molecule has 3 aromatic rings. The lowest BCUT2D eigenvalue weighted by Crippen LogP contribution is -2.30. The maximum absolute atomic E-state index is 14.4. The zero-order valence-electron chi connectivity index (χ0n) is 15.5. The molecule has 0 bridgehead atoms. The van der Waals surface area contributed by atoms with Gasteiger partial charge in [-0.05, 0) is 47.9 Å². The predicted octanol–water partition coefficient (Wildman–Crippen LogP) is 1.97. The molecule has 0 aliphatic heterocycles. The molecule has 1 amide bonds. The number of anilines is 3. The molecule has 3 aromatic carbocycles. The minimum atomic E-state index is -3.00. The van der Waals surface area contributed by atoms with E-state index in [4.69, 9.17) is 10.0 Å². The van der Waals surface area contributed by atoms with Crippen LogP contribution in [0.2, 0.25) is 0 Å². The summed E-state index contributed by atoms with van der Waals surface area (Å²) in [5, 5.41) is 20.6. The molecule has 1 atom stereocenters. The van der Waals surface area contributed by atoms with E-state index in [1.807, 2.05) is 0 Å². The van der Waals surface area contributed by atoms with Gasteiger partial charge in [0.15, 0.2) is 11.6 Å². The highest BCUT2D eigenvalue weighted by molar-refractivity contribution is 7.81. The largest absolute Gasteiger partial charge is 0.755 e. The first kappa shape index (κ1) is 22.5. The van der Waals surface area contributed by atoms with Crippen LogP contribution in [-0.4, -0.2) is 31.8 Å². The minimum absolute atomic E-state index is 0.0326. The molecule has 0 aromatic heterocycles. The average molecular weight is 449 g/mol.